The van der Waals surface area contributed by atoms with Crippen molar-refractivity contribution < 1.29 is 4.39 Å². The Balaban J connectivity index is 2.04. The maximum Gasteiger partial charge on any atom is 0.124 e. The molecule has 0 atom stereocenters. The van der Waals surface area contributed by atoms with E-state index < -0.39 is 0 Å². The van der Waals surface area contributed by atoms with Crippen LogP contribution in [-0.2, 0) is 6.54 Å². The minimum absolute atomic E-state index is 0.236. The summed E-state index contributed by atoms with van der Waals surface area (Å²) >= 11 is 3.31. The van der Waals surface area contributed by atoms with E-state index in [1.807, 2.05) is 36.5 Å². The quantitative estimate of drug-likeness (QED) is 0.706. The van der Waals surface area contributed by atoms with Gasteiger partial charge in [0.15, 0.2) is 0 Å². The van der Waals surface area contributed by atoms with E-state index >= 15 is 0 Å². The molecule has 0 aliphatic heterocycles. The highest BCUT2D eigenvalue weighted by molar-refractivity contribution is 9.10. The number of benzene rings is 2. The monoisotopic (exact) mass is 318 g/mol. The summed E-state index contributed by atoms with van der Waals surface area (Å²) in [5.41, 5.74) is 8.66. The molecule has 0 radical (unpaired) electrons. The van der Waals surface area contributed by atoms with Gasteiger partial charge in [0.1, 0.15) is 5.82 Å². The Kier molecular flexibility index (Phi) is 3.03. The largest absolute Gasteiger partial charge is 0.398 e. The number of rotatable bonds is 2. The Hall–Kier alpha value is -1.81. The highest BCUT2D eigenvalue weighted by Crippen LogP contribution is 2.23. The van der Waals surface area contributed by atoms with Crippen molar-refractivity contribution in [3.05, 3.63) is 64.5 Å². The molecule has 19 heavy (non-hydrogen) atoms. The first-order valence-electron chi connectivity index (χ1n) is 5.92. The van der Waals surface area contributed by atoms with Crippen LogP contribution in [0.5, 0.6) is 0 Å². The van der Waals surface area contributed by atoms with E-state index in [2.05, 4.69) is 20.5 Å². The molecule has 3 rings (SSSR count). The molecule has 0 saturated carbocycles. The molecule has 4 heteroatoms. The van der Waals surface area contributed by atoms with Crippen LogP contribution in [0.15, 0.2) is 53.1 Å². The Bertz CT molecular complexity index is 729. The number of fused-ring (bicyclic) bond motifs is 1. The predicted octanol–water partition coefficient (Wildman–Crippen LogP) is 4.17. The first-order valence-corrected chi connectivity index (χ1v) is 6.71. The van der Waals surface area contributed by atoms with E-state index in [9.17, 15) is 4.39 Å². The van der Waals surface area contributed by atoms with E-state index in [0.717, 1.165) is 26.6 Å². The van der Waals surface area contributed by atoms with Gasteiger partial charge < -0.3 is 10.3 Å². The number of hydrogen-bond donors (Lipinski definition) is 1. The van der Waals surface area contributed by atoms with Gasteiger partial charge in [-0.2, -0.15) is 0 Å². The van der Waals surface area contributed by atoms with Crippen LogP contribution in [-0.4, -0.2) is 4.57 Å². The van der Waals surface area contributed by atoms with Gasteiger partial charge in [-0.25, -0.2) is 4.39 Å². The number of hydrogen-bond acceptors (Lipinski definition) is 1. The lowest BCUT2D eigenvalue weighted by Crippen LogP contribution is -1.98. The van der Waals surface area contributed by atoms with E-state index in [-0.39, 0.29) is 5.82 Å². The summed E-state index contributed by atoms with van der Waals surface area (Å²) < 4.78 is 16.2. The van der Waals surface area contributed by atoms with Crippen LogP contribution >= 0.6 is 15.9 Å². The van der Waals surface area contributed by atoms with Gasteiger partial charge in [0.05, 0.1) is 5.52 Å². The molecule has 0 spiro atoms. The third-order valence-corrected chi connectivity index (χ3v) is 3.58. The molecule has 2 N–H and O–H groups in total. The topological polar surface area (TPSA) is 30.9 Å². The second-order valence-corrected chi connectivity index (χ2v) is 5.42. The SMILES string of the molecule is Nc1cccc2c1ccn2Cc1cc(F)cc(Br)c1. The summed E-state index contributed by atoms with van der Waals surface area (Å²) in [6.45, 7) is 0.614. The molecule has 2 nitrogen and oxygen atoms in total. The predicted molar refractivity (Wildman–Crippen MR) is 79.6 cm³/mol. The van der Waals surface area contributed by atoms with Gasteiger partial charge in [0.2, 0.25) is 0 Å². The zero-order valence-corrected chi connectivity index (χ0v) is 11.7. The first kappa shape index (κ1) is 12.2. The fraction of sp³-hybridized carbons (Fsp3) is 0.0667. The van der Waals surface area contributed by atoms with Crippen LogP contribution < -0.4 is 5.73 Å². The molecule has 0 fully saturated rings. The fourth-order valence-corrected chi connectivity index (χ4v) is 2.80. The normalized spacial score (nSPS) is 11.1. The molecule has 1 aromatic heterocycles. The smallest absolute Gasteiger partial charge is 0.124 e. The first-order chi connectivity index (χ1) is 9.13. The summed E-state index contributed by atoms with van der Waals surface area (Å²) in [5.74, 6) is -0.236. The van der Waals surface area contributed by atoms with Crippen LogP contribution in [0.1, 0.15) is 5.56 Å². The van der Waals surface area contributed by atoms with E-state index in [0.29, 0.717) is 6.54 Å². The summed E-state index contributed by atoms with van der Waals surface area (Å²) in [6.07, 6.45) is 1.97. The molecule has 0 amide bonds. The number of nitrogen functional groups attached to an aromatic ring is 1. The van der Waals surface area contributed by atoms with Crippen molar-refractivity contribution in [1.82, 2.24) is 4.57 Å². The standard InChI is InChI=1S/C15H12BrFN2/c16-11-6-10(7-12(17)8-11)9-19-5-4-13-14(18)2-1-3-15(13)19/h1-8H,9,18H2. The van der Waals surface area contributed by atoms with Crippen molar-refractivity contribution >= 4 is 32.5 Å². The molecule has 1 heterocycles. The molecule has 0 bridgehead atoms. The third kappa shape index (κ3) is 2.36. The average Bonchev–Trinajstić information content (AvgIpc) is 2.73. The third-order valence-electron chi connectivity index (χ3n) is 3.12. The lowest BCUT2D eigenvalue weighted by Gasteiger charge is -2.07. The minimum Gasteiger partial charge on any atom is -0.398 e. The van der Waals surface area contributed by atoms with Crippen molar-refractivity contribution in [1.29, 1.82) is 0 Å². The van der Waals surface area contributed by atoms with Crippen molar-refractivity contribution in [3.63, 3.8) is 0 Å². The molecular weight excluding hydrogens is 307 g/mol. The highest BCUT2D eigenvalue weighted by atomic mass is 79.9. The highest BCUT2D eigenvalue weighted by Gasteiger charge is 2.05. The van der Waals surface area contributed by atoms with Gasteiger partial charge in [-0.15, -0.1) is 0 Å². The molecule has 2 aromatic carbocycles. The second-order valence-electron chi connectivity index (χ2n) is 4.50. The molecule has 0 unspecified atom stereocenters. The van der Waals surface area contributed by atoms with Gasteiger partial charge in [-0.1, -0.05) is 22.0 Å². The number of anilines is 1. The van der Waals surface area contributed by atoms with Crippen molar-refractivity contribution in [2.24, 2.45) is 0 Å². The summed E-state index contributed by atoms with van der Waals surface area (Å²) in [6, 6.07) is 12.7. The Morgan fingerprint density at radius 2 is 2.00 bits per heavy atom. The van der Waals surface area contributed by atoms with Gasteiger partial charge in [-0.3, -0.25) is 0 Å². The molecule has 96 valence electrons. The van der Waals surface area contributed by atoms with Crippen molar-refractivity contribution in [2.45, 2.75) is 6.54 Å². The van der Waals surface area contributed by atoms with Crippen LogP contribution in [0.2, 0.25) is 0 Å². The Labute approximate surface area is 118 Å². The van der Waals surface area contributed by atoms with Crippen LogP contribution in [0.3, 0.4) is 0 Å². The molecule has 0 aliphatic rings. The van der Waals surface area contributed by atoms with Gasteiger partial charge in [-0.05, 0) is 42.0 Å². The molecular formula is C15H12BrFN2. The Morgan fingerprint density at radius 1 is 1.16 bits per heavy atom. The van der Waals surface area contributed by atoms with Gasteiger partial charge in [0, 0.05) is 28.3 Å². The summed E-state index contributed by atoms with van der Waals surface area (Å²) in [7, 11) is 0. The van der Waals surface area contributed by atoms with E-state index in [1.165, 1.54) is 6.07 Å². The zero-order chi connectivity index (χ0) is 13.4. The van der Waals surface area contributed by atoms with Crippen LogP contribution in [0.25, 0.3) is 10.9 Å². The summed E-state index contributed by atoms with van der Waals surface area (Å²) in [5, 5.41) is 1.03. The zero-order valence-electron chi connectivity index (χ0n) is 10.1. The van der Waals surface area contributed by atoms with Crippen molar-refractivity contribution in [2.75, 3.05) is 5.73 Å². The maximum absolute atomic E-state index is 13.4. The van der Waals surface area contributed by atoms with E-state index in [1.54, 1.807) is 6.07 Å². The molecule has 3 aromatic rings. The minimum atomic E-state index is -0.236. The lowest BCUT2D eigenvalue weighted by molar-refractivity contribution is 0.623. The second kappa shape index (κ2) is 4.70. The van der Waals surface area contributed by atoms with Crippen molar-refractivity contribution in [3.8, 4) is 0 Å². The Morgan fingerprint density at radius 3 is 2.79 bits per heavy atom. The van der Waals surface area contributed by atoms with E-state index in [4.69, 9.17) is 5.73 Å². The summed E-state index contributed by atoms with van der Waals surface area (Å²) in [4.78, 5) is 0. The number of nitrogens with zero attached hydrogens (tertiary/aromatic N) is 1. The number of aromatic nitrogens is 1. The molecule has 0 aliphatic carbocycles. The van der Waals surface area contributed by atoms with Crippen LogP contribution in [0, 0.1) is 5.82 Å². The average molecular weight is 319 g/mol. The molecule has 0 saturated heterocycles. The maximum atomic E-state index is 13.4. The number of nitrogens with two attached hydrogens (primary N) is 1. The lowest BCUT2D eigenvalue weighted by atomic mass is 10.2. The van der Waals surface area contributed by atoms with Gasteiger partial charge >= 0.3 is 0 Å². The fourth-order valence-electron chi connectivity index (χ4n) is 2.28. The van der Waals surface area contributed by atoms with Crippen LogP contribution in [0.4, 0.5) is 10.1 Å². The number of halogens is 2. The van der Waals surface area contributed by atoms with Gasteiger partial charge in [0.25, 0.3) is 0 Å².